The number of nitrogens with one attached hydrogen (secondary N) is 1. The fourth-order valence-electron chi connectivity index (χ4n) is 1.03. The van der Waals surface area contributed by atoms with Crippen molar-refractivity contribution in [3.63, 3.8) is 0 Å². The molecule has 0 radical (unpaired) electrons. The number of nitrogens with zero attached hydrogens (tertiary/aromatic N) is 1. The minimum Gasteiger partial charge on any atom is -0.380 e. The Kier molecular flexibility index (Phi) is 6.48. The molecule has 1 aromatic heterocycles. The molecule has 84 valence electrons. The van der Waals surface area contributed by atoms with Gasteiger partial charge in [0.25, 0.3) is 0 Å². The van der Waals surface area contributed by atoms with Gasteiger partial charge in [0.15, 0.2) is 0 Å². The maximum absolute atomic E-state index is 5.71. The van der Waals surface area contributed by atoms with Crippen LogP contribution in [0.25, 0.3) is 0 Å². The van der Waals surface area contributed by atoms with E-state index >= 15 is 0 Å². The van der Waals surface area contributed by atoms with Gasteiger partial charge in [-0.15, -0.1) is 11.6 Å². The van der Waals surface area contributed by atoms with Crippen molar-refractivity contribution in [2.45, 2.75) is 6.42 Å². The lowest BCUT2D eigenvalue weighted by Crippen LogP contribution is -2.07. The minimum atomic E-state index is 0.548. The van der Waals surface area contributed by atoms with Gasteiger partial charge in [0.2, 0.25) is 0 Å². The Morgan fingerprint density at radius 1 is 1.33 bits per heavy atom. The van der Waals surface area contributed by atoms with E-state index in [0.717, 1.165) is 18.8 Å². The zero-order valence-electron chi connectivity index (χ0n) is 8.38. The third-order valence-electron chi connectivity index (χ3n) is 1.72. The van der Waals surface area contributed by atoms with E-state index in [0.29, 0.717) is 24.1 Å². The molecule has 0 fully saturated rings. The lowest BCUT2D eigenvalue weighted by atomic mass is 10.4. The summed E-state index contributed by atoms with van der Waals surface area (Å²) < 4.78 is 5.23. The van der Waals surface area contributed by atoms with E-state index < -0.39 is 0 Å². The molecular weight excluding hydrogens is 235 g/mol. The highest BCUT2D eigenvalue weighted by Gasteiger charge is 1.93. The Balaban J connectivity index is 2.07. The summed E-state index contributed by atoms with van der Waals surface area (Å²) in [4.78, 5) is 4.11. The molecule has 0 amide bonds. The molecule has 0 aliphatic heterocycles. The molecular formula is C10H14Cl2N2O. The number of anilines is 1. The van der Waals surface area contributed by atoms with Crippen LogP contribution in [0.2, 0.25) is 5.02 Å². The van der Waals surface area contributed by atoms with Crippen molar-refractivity contribution >= 4 is 29.0 Å². The standard InChI is InChI=1S/C10H14Cl2N2O/c11-4-7-15-6-1-5-13-10-3-2-9(12)8-14-10/h2-3,8H,1,4-7H2,(H,13,14). The number of halogens is 2. The first kappa shape index (κ1) is 12.6. The highest BCUT2D eigenvalue weighted by molar-refractivity contribution is 6.30. The Morgan fingerprint density at radius 2 is 2.20 bits per heavy atom. The summed E-state index contributed by atoms with van der Waals surface area (Å²) in [6.07, 6.45) is 2.55. The molecule has 0 saturated heterocycles. The topological polar surface area (TPSA) is 34.1 Å². The summed E-state index contributed by atoms with van der Waals surface area (Å²) in [5.74, 6) is 1.38. The molecule has 1 aromatic rings. The van der Waals surface area contributed by atoms with E-state index in [1.54, 1.807) is 12.3 Å². The number of pyridine rings is 1. The predicted octanol–water partition coefficient (Wildman–Crippen LogP) is 2.79. The summed E-state index contributed by atoms with van der Waals surface area (Å²) in [7, 11) is 0. The van der Waals surface area contributed by atoms with Gasteiger partial charge >= 0.3 is 0 Å². The second-order valence-corrected chi connectivity index (χ2v) is 3.76. The Bertz CT molecular complexity index is 267. The Hall–Kier alpha value is -0.510. The monoisotopic (exact) mass is 248 g/mol. The van der Waals surface area contributed by atoms with Gasteiger partial charge in [0.1, 0.15) is 5.82 Å². The molecule has 0 atom stereocenters. The number of rotatable bonds is 7. The van der Waals surface area contributed by atoms with Gasteiger partial charge in [-0.05, 0) is 18.6 Å². The van der Waals surface area contributed by atoms with Gasteiger partial charge in [-0.2, -0.15) is 0 Å². The Morgan fingerprint density at radius 3 is 2.87 bits per heavy atom. The van der Waals surface area contributed by atoms with Crippen molar-refractivity contribution in [1.82, 2.24) is 4.98 Å². The molecule has 15 heavy (non-hydrogen) atoms. The van der Waals surface area contributed by atoms with Crippen LogP contribution in [0.1, 0.15) is 6.42 Å². The fraction of sp³-hybridized carbons (Fsp3) is 0.500. The van der Waals surface area contributed by atoms with Crippen LogP contribution in [0.4, 0.5) is 5.82 Å². The lowest BCUT2D eigenvalue weighted by Gasteiger charge is -2.05. The minimum absolute atomic E-state index is 0.548. The van der Waals surface area contributed by atoms with Crippen LogP contribution in [0.15, 0.2) is 18.3 Å². The van der Waals surface area contributed by atoms with E-state index in [2.05, 4.69) is 10.3 Å². The number of alkyl halides is 1. The number of ether oxygens (including phenoxy) is 1. The van der Waals surface area contributed by atoms with Crippen LogP contribution in [0, 0.1) is 0 Å². The largest absolute Gasteiger partial charge is 0.380 e. The van der Waals surface area contributed by atoms with Crippen molar-refractivity contribution in [2.24, 2.45) is 0 Å². The molecule has 1 N–H and O–H groups in total. The summed E-state index contributed by atoms with van der Waals surface area (Å²) in [6, 6.07) is 3.66. The van der Waals surface area contributed by atoms with Crippen molar-refractivity contribution in [2.75, 3.05) is 31.0 Å². The number of aromatic nitrogens is 1. The van der Waals surface area contributed by atoms with E-state index in [1.807, 2.05) is 6.07 Å². The van der Waals surface area contributed by atoms with Crippen molar-refractivity contribution in [1.29, 1.82) is 0 Å². The van der Waals surface area contributed by atoms with Gasteiger partial charge < -0.3 is 10.1 Å². The average molecular weight is 249 g/mol. The molecule has 0 bridgehead atoms. The molecule has 0 spiro atoms. The van der Waals surface area contributed by atoms with E-state index in [9.17, 15) is 0 Å². The van der Waals surface area contributed by atoms with Crippen molar-refractivity contribution in [3.05, 3.63) is 23.4 Å². The predicted molar refractivity (Wildman–Crippen MR) is 63.9 cm³/mol. The maximum atomic E-state index is 5.71. The first-order valence-electron chi connectivity index (χ1n) is 4.82. The third-order valence-corrected chi connectivity index (χ3v) is 2.10. The van der Waals surface area contributed by atoms with E-state index in [1.165, 1.54) is 0 Å². The SMILES string of the molecule is ClCCOCCCNc1ccc(Cl)cn1. The average Bonchev–Trinajstić information content (AvgIpc) is 2.26. The zero-order valence-corrected chi connectivity index (χ0v) is 9.89. The zero-order chi connectivity index (χ0) is 10.9. The molecule has 1 rings (SSSR count). The van der Waals surface area contributed by atoms with Crippen molar-refractivity contribution in [3.8, 4) is 0 Å². The molecule has 0 aliphatic rings. The highest BCUT2D eigenvalue weighted by atomic mass is 35.5. The van der Waals surface area contributed by atoms with Crippen LogP contribution in [0.5, 0.6) is 0 Å². The van der Waals surface area contributed by atoms with Crippen LogP contribution in [0.3, 0.4) is 0 Å². The first-order chi connectivity index (χ1) is 7.33. The molecule has 5 heteroatoms. The molecule has 0 unspecified atom stereocenters. The normalized spacial score (nSPS) is 10.3. The van der Waals surface area contributed by atoms with Crippen LogP contribution >= 0.6 is 23.2 Å². The van der Waals surface area contributed by atoms with E-state index in [-0.39, 0.29) is 0 Å². The highest BCUT2D eigenvalue weighted by Crippen LogP contribution is 2.09. The van der Waals surface area contributed by atoms with Crippen LogP contribution in [-0.2, 0) is 4.74 Å². The third kappa shape index (κ3) is 5.82. The van der Waals surface area contributed by atoms with Gasteiger partial charge in [0.05, 0.1) is 11.6 Å². The maximum Gasteiger partial charge on any atom is 0.125 e. The lowest BCUT2D eigenvalue weighted by molar-refractivity contribution is 0.149. The van der Waals surface area contributed by atoms with Gasteiger partial charge in [-0.3, -0.25) is 0 Å². The molecule has 3 nitrogen and oxygen atoms in total. The first-order valence-corrected chi connectivity index (χ1v) is 5.73. The molecule has 0 aliphatic carbocycles. The summed E-state index contributed by atoms with van der Waals surface area (Å²) in [6.45, 7) is 2.16. The van der Waals surface area contributed by atoms with Gasteiger partial charge in [-0.1, -0.05) is 11.6 Å². The second-order valence-electron chi connectivity index (χ2n) is 2.94. The van der Waals surface area contributed by atoms with Gasteiger partial charge in [-0.25, -0.2) is 4.98 Å². The van der Waals surface area contributed by atoms with Crippen LogP contribution < -0.4 is 5.32 Å². The summed E-state index contributed by atoms with van der Waals surface area (Å²) in [5, 5.41) is 3.81. The quantitative estimate of drug-likeness (QED) is 0.596. The van der Waals surface area contributed by atoms with Gasteiger partial charge in [0, 0.05) is 25.2 Å². The van der Waals surface area contributed by atoms with E-state index in [4.69, 9.17) is 27.9 Å². The van der Waals surface area contributed by atoms with Crippen molar-refractivity contribution < 1.29 is 4.74 Å². The summed E-state index contributed by atoms with van der Waals surface area (Å²) >= 11 is 11.2. The fourth-order valence-corrected chi connectivity index (χ4v) is 1.25. The molecule has 1 heterocycles. The summed E-state index contributed by atoms with van der Waals surface area (Å²) in [5.41, 5.74) is 0. The van der Waals surface area contributed by atoms with Crippen LogP contribution in [-0.4, -0.2) is 30.6 Å². The number of hydrogen-bond acceptors (Lipinski definition) is 3. The number of hydrogen-bond donors (Lipinski definition) is 1. The molecule has 0 aromatic carbocycles. The second kappa shape index (κ2) is 7.74. The smallest absolute Gasteiger partial charge is 0.125 e. The Labute approximate surface area is 99.7 Å². The molecule has 0 saturated carbocycles.